The van der Waals surface area contributed by atoms with E-state index >= 15 is 0 Å². The lowest BCUT2D eigenvalue weighted by Gasteiger charge is -2.55. The molecule has 0 aliphatic heterocycles. The molecule has 2 heteroatoms. The topological polar surface area (TPSA) is 43.1 Å². The van der Waals surface area contributed by atoms with E-state index in [1.165, 1.54) is 19.3 Å². The van der Waals surface area contributed by atoms with Crippen molar-refractivity contribution < 1.29 is 4.79 Å². The molecule has 4 rings (SSSR count). The zero-order valence-corrected chi connectivity index (χ0v) is 7.75. The number of hydrogen-bond acceptors (Lipinski definition) is 2. The fourth-order valence-electron chi connectivity index (χ4n) is 4.06. The molecule has 0 radical (unpaired) electrons. The Hall–Kier alpha value is -0.590. The van der Waals surface area contributed by atoms with Crippen molar-refractivity contribution in [2.45, 2.75) is 37.6 Å². The van der Waals surface area contributed by atoms with Crippen molar-refractivity contribution in [2.24, 2.45) is 23.5 Å². The van der Waals surface area contributed by atoms with Gasteiger partial charge in [0.1, 0.15) is 5.94 Å². The third kappa shape index (κ3) is 0.905. The van der Waals surface area contributed by atoms with E-state index in [2.05, 4.69) is 5.94 Å². The molecule has 2 N–H and O–H groups in total. The Kier molecular flexibility index (Phi) is 1.35. The first-order valence-electron chi connectivity index (χ1n) is 5.25. The zero-order valence-electron chi connectivity index (χ0n) is 7.75. The molecule has 0 amide bonds. The van der Waals surface area contributed by atoms with Crippen LogP contribution in [0, 0.1) is 17.8 Å². The lowest BCUT2D eigenvalue weighted by molar-refractivity contribution is 0.0528. The van der Waals surface area contributed by atoms with Crippen LogP contribution in [0.4, 0.5) is 0 Å². The molecule has 0 heterocycles. The molecule has 0 aromatic rings. The molecule has 4 bridgehead atoms. The molecular weight excluding hydrogens is 162 g/mol. The fraction of sp³-hybridized carbons (Fsp3) is 0.818. The largest absolute Gasteiger partial charge is 0.321 e. The van der Waals surface area contributed by atoms with Gasteiger partial charge in [-0.25, -0.2) is 4.79 Å². The van der Waals surface area contributed by atoms with Crippen molar-refractivity contribution in [3.05, 3.63) is 5.57 Å². The smallest absolute Gasteiger partial charge is 0.125 e. The van der Waals surface area contributed by atoms with Crippen molar-refractivity contribution in [3.63, 3.8) is 0 Å². The number of hydrogen-bond donors (Lipinski definition) is 1. The van der Waals surface area contributed by atoms with E-state index in [9.17, 15) is 4.79 Å². The maximum absolute atomic E-state index is 10.9. The number of nitrogens with two attached hydrogens (primary N) is 1. The van der Waals surface area contributed by atoms with Crippen LogP contribution >= 0.6 is 0 Å². The van der Waals surface area contributed by atoms with Gasteiger partial charge in [0.15, 0.2) is 0 Å². The first kappa shape index (κ1) is 7.78. The molecule has 0 aromatic heterocycles. The maximum Gasteiger partial charge on any atom is 0.125 e. The van der Waals surface area contributed by atoms with Crippen molar-refractivity contribution in [1.29, 1.82) is 0 Å². The first-order valence-corrected chi connectivity index (χ1v) is 5.25. The zero-order chi connectivity index (χ0) is 9.05. The van der Waals surface area contributed by atoms with Crippen molar-refractivity contribution in [2.75, 3.05) is 0 Å². The summed E-state index contributed by atoms with van der Waals surface area (Å²) in [5, 5.41) is 0. The van der Waals surface area contributed by atoms with Crippen LogP contribution in [0.5, 0.6) is 0 Å². The molecule has 0 saturated heterocycles. The summed E-state index contributed by atoms with van der Waals surface area (Å²) >= 11 is 0. The van der Waals surface area contributed by atoms with Gasteiger partial charge >= 0.3 is 0 Å². The number of rotatable bonds is 0. The van der Waals surface area contributed by atoms with Crippen LogP contribution in [0.2, 0.25) is 0 Å². The molecule has 4 aliphatic rings. The molecule has 4 fully saturated rings. The standard InChI is InChI=1S/C11H15NO/c12-11-4-7-1-8(5-11)3-9(2-7)10(11)6-13/h7-9H,1-5,12H2. The van der Waals surface area contributed by atoms with Crippen LogP contribution in [0.15, 0.2) is 5.57 Å². The summed E-state index contributed by atoms with van der Waals surface area (Å²) in [4.78, 5) is 10.9. The minimum absolute atomic E-state index is 0.240. The van der Waals surface area contributed by atoms with Gasteiger partial charge in [-0.05, 0) is 49.9 Å². The van der Waals surface area contributed by atoms with Gasteiger partial charge in [0, 0.05) is 11.1 Å². The lowest BCUT2D eigenvalue weighted by Crippen LogP contribution is -2.57. The quantitative estimate of drug-likeness (QED) is 0.566. The van der Waals surface area contributed by atoms with Gasteiger partial charge < -0.3 is 5.73 Å². The van der Waals surface area contributed by atoms with Crippen molar-refractivity contribution in [3.8, 4) is 0 Å². The van der Waals surface area contributed by atoms with Crippen LogP contribution in [-0.4, -0.2) is 11.5 Å². The molecule has 2 unspecified atom stereocenters. The third-order valence-electron chi connectivity index (χ3n) is 4.26. The highest BCUT2D eigenvalue weighted by molar-refractivity contribution is 5.59. The SMILES string of the molecule is NC12CC3CC(CC(C3)C1=C=O)C2. The highest BCUT2D eigenvalue weighted by atomic mass is 16.1. The Bertz CT molecular complexity index is 289. The predicted octanol–water partition coefficient (Wildman–Crippen LogP) is 1.28. The van der Waals surface area contributed by atoms with E-state index in [1.807, 2.05) is 0 Å². The second kappa shape index (κ2) is 2.26. The normalized spacial score (nSPS) is 52.4. The Morgan fingerprint density at radius 1 is 1.23 bits per heavy atom. The summed E-state index contributed by atoms with van der Waals surface area (Å²) in [6.45, 7) is 0. The molecule has 70 valence electrons. The van der Waals surface area contributed by atoms with Gasteiger partial charge in [0.05, 0.1) is 0 Å². The summed E-state index contributed by atoms with van der Waals surface area (Å²) in [5.41, 5.74) is 6.95. The van der Waals surface area contributed by atoms with Crippen LogP contribution in [0.25, 0.3) is 0 Å². The first-order chi connectivity index (χ1) is 6.21. The van der Waals surface area contributed by atoms with Gasteiger partial charge in [-0.2, -0.15) is 0 Å². The van der Waals surface area contributed by atoms with Gasteiger partial charge in [-0.3, -0.25) is 0 Å². The van der Waals surface area contributed by atoms with Crippen molar-refractivity contribution in [1.82, 2.24) is 0 Å². The van der Waals surface area contributed by atoms with E-state index in [4.69, 9.17) is 5.73 Å². The molecule has 2 nitrogen and oxygen atoms in total. The second-order valence-electron chi connectivity index (χ2n) is 5.22. The molecule has 4 aliphatic carbocycles. The summed E-state index contributed by atoms with van der Waals surface area (Å²) in [5.74, 6) is 4.23. The predicted molar refractivity (Wildman–Crippen MR) is 49.7 cm³/mol. The fourth-order valence-corrected chi connectivity index (χ4v) is 4.06. The van der Waals surface area contributed by atoms with E-state index in [0.717, 1.165) is 30.3 Å². The molecule has 0 spiro atoms. The Labute approximate surface area is 78.2 Å². The minimum Gasteiger partial charge on any atom is -0.321 e. The van der Waals surface area contributed by atoms with Crippen LogP contribution in [-0.2, 0) is 4.79 Å². The highest BCUT2D eigenvalue weighted by Gasteiger charge is 2.52. The van der Waals surface area contributed by atoms with E-state index in [-0.39, 0.29) is 5.54 Å². The summed E-state index contributed by atoms with van der Waals surface area (Å²) < 4.78 is 0. The molecule has 13 heavy (non-hydrogen) atoms. The average Bonchev–Trinajstić information content (AvgIpc) is 2.00. The van der Waals surface area contributed by atoms with Gasteiger partial charge in [0.25, 0.3) is 0 Å². The van der Waals surface area contributed by atoms with E-state index in [0.29, 0.717) is 5.92 Å². The Morgan fingerprint density at radius 3 is 2.31 bits per heavy atom. The van der Waals surface area contributed by atoms with E-state index in [1.54, 1.807) is 0 Å². The second-order valence-corrected chi connectivity index (χ2v) is 5.22. The monoisotopic (exact) mass is 177 g/mol. The summed E-state index contributed by atoms with van der Waals surface area (Å²) in [6.07, 6.45) is 5.87. The Morgan fingerprint density at radius 2 is 1.85 bits per heavy atom. The minimum atomic E-state index is -0.240. The van der Waals surface area contributed by atoms with Crippen LogP contribution in [0.1, 0.15) is 32.1 Å². The van der Waals surface area contributed by atoms with Gasteiger partial charge in [-0.1, -0.05) is 0 Å². The summed E-state index contributed by atoms with van der Waals surface area (Å²) in [6, 6.07) is 0. The molecule has 0 aromatic carbocycles. The van der Waals surface area contributed by atoms with Crippen molar-refractivity contribution >= 4 is 5.94 Å². The van der Waals surface area contributed by atoms with E-state index < -0.39 is 0 Å². The number of carbonyl (C=O) groups excluding carboxylic acids is 1. The van der Waals surface area contributed by atoms with Crippen LogP contribution < -0.4 is 5.73 Å². The van der Waals surface area contributed by atoms with Gasteiger partial charge in [-0.15, -0.1) is 0 Å². The maximum atomic E-state index is 10.9. The highest BCUT2D eigenvalue weighted by Crippen LogP contribution is 2.56. The molecule has 4 saturated carbocycles. The molecule has 2 atom stereocenters. The van der Waals surface area contributed by atoms with Gasteiger partial charge in [0.2, 0.25) is 0 Å². The average molecular weight is 177 g/mol. The molecular formula is C11H15NO. The van der Waals surface area contributed by atoms with Crippen LogP contribution in [0.3, 0.4) is 0 Å². The Balaban J connectivity index is 2.07. The third-order valence-corrected chi connectivity index (χ3v) is 4.26. The lowest BCUT2D eigenvalue weighted by atomic mass is 9.51. The summed E-state index contributed by atoms with van der Waals surface area (Å²) in [7, 11) is 0.